The van der Waals surface area contributed by atoms with Crippen molar-refractivity contribution < 1.29 is 13.3 Å². The Morgan fingerprint density at radius 1 is 1.19 bits per heavy atom. The van der Waals surface area contributed by atoms with E-state index in [-0.39, 0.29) is 23.7 Å². The standard InChI is InChI=1S/C15H14N6O5S/c22-15-6-5-14(19-9-2-7-16-19)18-20(15)10-8-17-27(25,26)13-4-1-3-12(11-13)21(23)24/h1-7,9,11,17H,8,10H2. The third-order valence-corrected chi connectivity index (χ3v) is 5.00. The fraction of sp³-hybridized carbons (Fsp3) is 0.133. The Morgan fingerprint density at radius 2 is 2.00 bits per heavy atom. The van der Waals surface area contributed by atoms with Crippen LogP contribution < -0.4 is 10.3 Å². The van der Waals surface area contributed by atoms with Crippen molar-refractivity contribution in [3.8, 4) is 5.82 Å². The van der Waals surface area contributed by atoms with Gasteiger partial charge in [0.2, 0.25) is 10.0 Å². The van der Waals surface area contributed by atoms with E-state index in [9.17, 15) is 23.3 Å². The van der Waals surface area contributed by atoms with Crippen molar-refractivity contribution in [2.24, 2.45) is 0 Å². The third kappa shape index (κ3) is 4.24. The van der Waals surface area contributed by atoms with Crippen LogP contribution in [0.5, 0.6) is 0 Å². The lowest BCUT2D eigenvalue weighted by atomic mass is 10.3. The quantitative estimate of drug-likeness (QED) is 0.452. The molecular formula is C15H14N6O5S. The molecule has 0 unspecified atom stereocenters. The van der Waals surface area contributed by atoms with Crippen LogP contribution in [-0.2, 0) is 16.6 Å². The Hall–Kier alpha value is -3.38. The topological polar surface area (TPSA) is 142 Å². The van der Waals surface area contributed by atoms with Crippen LogP contribution in [0.1, 0.15) is 0 Å². The van der Waals surface area contributed by atoms with Crippen LogP contribution in [0.3, 0.4) is 0 Å². The van der Waals surface area contributed by atoms with Crippen molar-refractivity contribution in [1.29, 1.82) is 0 Å². The number of benzene rings is 1. The first-order valence-corrected chi connectivity index (χ1v) is 9.17. The Labute approximate surface area is 153 Å². The minimum atomic E-state index is -3.97. The van der Waals surface area contributed by atoms with Crippen LogP contribution in [0.4, 0.5) is 5.69 Å². The normalized spacial score (nSPS) is 11.4. The monoisotopic (exact) mass is 390 g/mol. The molecule has 2 heterocycles. The summed E-state index contributed by atoms with van der Waals surface area (Å²) in [6.07, 6.45) is 3.21. The summed E-state index contributed by atoms with van der Waals surface area (Å²) in [5, 5.41) is 18.9. The van der Waals surface area contributed by atoms with Gasteiger partial charge in [0.25, 0.3) is 11.2 Å². The van der Waals surface area contributed by atoms with E-state index in [4.69, 9.17) is 0 Å². The Kier molecular flexibility index (Phi) is 5.09. The van der Waals surface area contributed by atoms with Crippen molar-refractivity contribution in [3.05, 3.63) is 75.3 Å². The largest absolute Gasteiger partial charge is 0.270 e. The number of rotatable bonds is 7. The fourth-order valence-corrected chi connectivity index (χ4v) is 3.32. The maximum absolute atomic E-state index is 12.3. The molecule has 0 radical (unpaired) electrons. The summed E-state index contributed by atoms with van der Waals surface area (Å²) in [6, 6.07) is 9.20. The first-order chi connectivity index (χ1) is 12.9. The van der Waals surface area contributed by atoms with Gasteiger partial charge in [0.05, 0.1) is 16.4 Å². The van der Waals surface area contributed by atoms with Crippen LogP contribution in [0.2, 0.25) is 0 Å². The second-order valence-corrected chi connectivity index (χ2v) is 7.12. The van der Waals surface area contributed by atoms with Gasteiger partial charge in [-0.05, 0) is 18.2 Å². The SMILES string of the molecule is O=c1ccc(-n2cccn2)nn1CCNS(=O)(=O)c1cccc([N+](=O)[O-])c1. The van der Waals surface area contributed by atoms with Gasteiger partial charge in [-0.3, -0.25) is 14.9 Å². The summed E-state index contributed by atoms with van der Waals surface area (Å²) in [7, 11) is -3.97. The smallest absolute Gasteiger partial charge is 0.268 e. The molecule has 0 atom stereocenters. The van der Waals surface area contributed by atoms with Crippen LogP contribution in [0.15, 0.2) is 64.5 Å². The molecule has 12 heteroatoms. The molecule has 0 amide bonds. The van der Waals surface area contributed by atoms with E-state index in [1.807, 2.05) is 0 Å². The second-order valence-electron chi connectivity index (χ2n) is 5.36. The van der Waals surface area contributed by atoms with Crippen molar-refractivity contribution >= 4 is 15.7 Å². The lowest BCUT2D eigenvalue weighted by Gasteiger charge is -2.09. The van der Waals surface area contributed by atoms with Gasteiger partial charge in [0.1, 0.15) is 0 Å². The summed E-state index contributed by atoms with van der Waals surface area (Å²) in [6.45, 7) is -0.150. The van der Waals surface area contributed by atoms with E-state index in [1.54, 1.807) is 18.5 Å². The van der Waals surface area contributed by atoms with Gasteiger partial charge in [-0.1, -0.05) is 6.07 Å². The minimum Gasteiger partial charge on any atom is -0.268 e. The van der Waals surface area contributed by atoms with E-state index >= 15 is 0 Å². The first-order valence-electron chi connectivity index (χ1n) is 7.69. The zero-order chi connectivity index (χ0) is 19.4. The molecule has 0 aliphatic rings. The maximum atomic E-state index is 12.3. The molecule has 0 bridgehead atoms. The average molecular weight is 390 g/mol. The zero-order valence-electron chi connectivity index (χ0n) is 13.8. The predicted molar refractivity (Wildman–Crippen MR) is 93.9 cm³/mol. The van der Waals surface area contributed by atoms with Crippen LogP contribution >= 0.6 is 0 Å². The summed E-state index contributed by atoms with van der Waals surface area (Å²) >= 11 is 0. The van der Waals surface area contributed by atoms with Gasteiger partial charge in [-0.25, -0.2) is 22.5 Å². The van der Waals surface area contributed by atoms with E-state index < -0.39 is 20.5 Å². The van der Waals surface area contributed by atoms with Crippen LogP contribution in [-0.4, -0.2) is 39.4 Å². The van der Waals surface area contributed by atoms with Crippen molar-refractivity contribution in [1.82, 2.24) is 24.3 Å². The lowest BCUT2D eigenvalue weighted by Crippen LogP contribution is -2.32. The highest BCUT2D eigenvalue weighted by Crippen LogP contribution is 2.16. The molecule has 2 aromatic heterocycles. The summed E-state index contributed by atoms with van der Waals surface area (Å²) < 4.78 is 29.4. The van der Waals surface area contributed by atoms with E-state index in [0.717, 1.165) is 10.7 Å². The average Bonchev–Trinajstić information content (AvgIpc) is 3.18. The minimum absolute atomic E-state index is 0.0257. The van der Waals surface area contributed by atoms with Crippen molar-refractivity contribution in [2.75, 3.05) is 6.54 Å². The molecule has 0 fully saturated rings. The van der Waals surface area contributed by atoms with Gasteiger partial charge in [0, 0.05) is 37.1 Å². The summed E-state index contributed by atoms with van der Waals surface area (Å²) in [5.74, 6) is 0.404. The Morgan fingerprint density at radius 3 is 2.70 bits per heavy atom. The van der Waals surface area contributed by atoms with Gasteiger partial charge < -0.3 is 0 Å². The number of hydrogen-bond acceptors (Lipinski definition) is 7. The molecule has 11 nitrogen and oxygen atoms in total. The van der Waals surface area contributed by atoms with Crippen molar-refractivity contribution in [2.45, 2.75) is 11.4 Å². The number of nitro groups is 1. The summed E-state index contributed by atoms with van der Waals surface area (Å²) in [4.78, 5) is 21.8. The molecule has 0 aliphatic heterocycles. The van der Waals surface area contributed by atoms with Gasteiger partial charge >= 0.3 is 0 Å². The first kappa shape index (κ1) is 18.4. The molecule has 1 N–H and O–H groups in total. The van der Waals surface area contributed by atoms with Gasteiger partial charge in [-0.2, -0.15) is 5.10 Å². The second kappa shape index (κ2) is 7.47. The van der Waals surface area contributed by atoms with Crippen LogP contribution in [0, 0.1) is 10.1 Å². The Bertz CT molecular complexity index is 1120. The Balaban J connectivity index is 1.72. The number of nitro benzene ring substituents is 1. The fourth-order valence-electron chi connectivity index (χ4n) is 2.26. The zero-order valence-corrected chi connectivity index (χ0v) is 14.6. The molecule has 27 heavy (non-hydrogen) atoms. The number of nitrogens with zero attached hydrogens (tertiary/aromatic N) is 5. The van der Waals surface area contributed by atoms with E-state index in [2.05, 4.69) is 14.9 Å². The van der Waals surface area contributed by atoms with E-state index in [0.29, 0.717) is 5.82 Å². The van der Waals surface area contributed by atoms with Gasteiger partial charge in [-0.15, -0.1) is 5.10 Å². The molecule has 0 aliphatic carbocycles. The third-order valence-electron chi connectivity index (χ3n) is 3.55. The number of sulfonamides is 1. The molecule has 3 aromatic rings. The molecule has 0 saturated carbocycles. The number of aromatic nitrogens is 4. The molecular weight excluding hydrogens is 376 g/mol. The highest BCUT2D eigenvalue weighted by molar-refractivity contribution is 7.89. The number of non-ortho nitro benzene ring substituents is 1. The summed E-state index contributed by atoms with van der Waals surface area (Å²) in [5.41, 5.74) is -0.733. The molecule has 0 saturated heterocycles. The number of nitrogens with one attached hydrogen (secondary N) is 1. The predicted octanol–water partition coefficient (Wildman–Crippen LogP) is 0.316. The van der Waals surface area contributed by atoms with E-state index in [1.165, 1.54) is 35.0 Å². The highest BCUT2D eigenvalue weighted by atomic mass is 32.2. The lowest BCUT2D eigenvalue weighted by molar-refractivity contribution is -0.385. The molecule has 0 spiro atoms. The highest BCUT2D eigenvalue weighted by Gasteiger charge is 2.17. The van der Waals surface area contributed by atoms with Gasteiger partial charge in [0.15, 0.2) is 5.82 Å². The molecule has 3 rings (SSSR count). The number of hydrogen-bond donors (Lipinski definition) is 1. The van der Waals surface area contributed by atoms with Crippen molar-refractivity contribution in [3.63, 3.8) is 0 Å². The van der Waals surface area contributed by atoms with Crippen LogP contribution in [0.25, 0.3) is 5.82 Å². The molecule has 1 aromatic carbocycles. The maximum Gasteiger partial charge on any atom is 0.270 e. The molecule has 140 valence electrons.